The van der Waals surface area contributed by atoms with Gasteiger partial charge in [0.05, 0.1) is 0 Å². The lowest BCUT2D eigenvalue weighted by atomic mass is 9.94. The van der Waals surface area contributed by atoms with Gasteiger partial charge in [0, 0.05) is 37.4 Å². The zero-order chi connectivity index (χ0) is 22.8. The van der Waals surface area contributed by atoms with Crippen LogP contribution in [0, 0.1) is 12.3 Å². The van der Waals surface area contributed by atoms with Gasteiger partial charge in [0.15, 0.2) is 0 Å². The van der Waals surface area contributed by atoms with Gasteiger partial charge < -0.3 is 15.1 Å². The van der Waals surface area contributed by atoms with E-state index >= 15 is 0 Å². The molecule has 1 aliphatic heterocycles. The van der Waals surface area contributed by atoms with Crippen LogP contribution in [0.3, 0.4) is 0 Å². The van der Waals surface area contributed by atoms with Crippen molar-refractivity contribution in [3.8, 4) is 12.3 Å². The number of anilines is 2. The molecule has 1 saturated carbocycles. The summed E-state index contributed by atoms with van der Waals surface area (Å²) in [6, 6.07) is 11.4. The number of nitrogens with zero attached hydrogens (tertiary/aromatic N) is 3. The molecule has 2 heterocycles. The fraction of sp³-hybridized carbons (Fsp3) is 0.417. The minimum absolute atomic E-state index is 0.0488. The molecule has 168 valence electrons. The van der Waals surface area contributed by atoms with E-state index in [4.69, 9.17) is 6.42 Å². The monoisotopic (exact) mass is 442 g/mol. The van der Waals surface area contributed by atoms with Crippen LogP contribution in [0.25, 0.3) is 0 Å². The molecule has 8 heteroatoms. The van der Waals surface area contributed by atoms with Crippen molar-refractivity contribution in [3.05, 3.63) is 53.7 Å². The normalized spacial score (nSPS) is 18.3. The second-order valence-corrected chi connectivity index (χ2v) is 8.29. The summed E-state index contributed by atoms with van der Waals surface area (Å²) in [6.45, 7) is 1.76. The molecule has 1 saturated heterocycles. The van der Waals surface area contributed by atoms with E-state index < -0.39 is 17.4 Å². The van der Waals surface area contributed by atoms with Crippen LogP contribution >= 0.6 is 0 Å². The number of rotatable bonds is 4. The summed E-state index contributed by atoms with van der Waals surface area (Å²) in [4.78, 5) is 20.9. The highest BCUT2D eigenvalue weighted by Crippen LogP contribution is 2.35. The number of terminal acetylenes is 1. The number of halogens is 3. The highest BCUT2D eigenvalue weighted by atomic mass is 19.4. The zero-order valence-electron chi connectivity index (χ0n) is 17.7. The zero-order valence-corrected chi connectivity index (χ0v) is 17.7. The van der Waals surface area contributed by atoms with Crippen LogP contribution in [-0.4, -0.2) is 47.5 Å². The molecule has 0 radical (unpaired) electrons. The fourth-order valence-corrected chi connectivity index (χ4v) is 4.50. The van der Waals surface area contributed by atoms with Gasteiger partial charge in [-0.1, -0.05) is 24.8 Å². The number of aromatic nitrogens is 1. The summed E-state index contributed by atoms with van der Waals surface area (Å²) < 4.78 is 39.0. The first-order valence-corrected chi connectivity index (χ1v) is 10.7. The van der Waals surface area contributed by atoms with E-state index in [0.717, 1.165) is 43.0 Å². The van der Waals surface area contributed by atoms with Crippen LogP contribution in [-0.2, 0) is 11.0 Å². The van der Waals surface area contributed by atoms with E-state index in [-0.39, 0.29) is 11.7 Å². The minimum Gasteiger partial charge on any atom is -0.371 e. The second kappa shape index (κ2) is 8.73. The van der Waals surface area contributed by atoms with E-state index in [1.165, 1.54) is 6.07 Å². The highest BCUT2D eigenvalue weighted by Gasteiger charge is 2.44. The first-order valence-electron chi connectivity index (χ1n) is 10.7. The summed E-state index contributed by atoms with van der Waals surface area (Å²) in [6.07, 6.45) is 4.37. The predicted molar refractivity (Wildman–Crippen MR) is 117 cm³/mol. The third kappa shape index (κ3) is 4.52. The lowest BCUT2D eigenvalue weighted by molar-refractivity contribution is -0.141. The lowest BCUT2D eigenvalue weighted by Gasteiger charge is -2.41. The van der Waals surface area contributed by atoms with Gasteiger partial charge in [0.1, 0.15) is 17.1 Å². The second-order valence-electron chi connectivity index (χ2n) is 8.29. The summed E-state index contributed by atoms with van der Waals surface area (Å²) in [7, 11) is 0. The summed E-state index contributed by atoms with van der Waals surface area (Å²) in [5, 5.41) is 3.46. The first kappa shape index (κ1) is 22.0. The number of alkyl halides is 3. The highest BCUT2D eigenvalue weighted by molar-refractivity contribution is 5.90. The lowest BCUT2D eigenvalue weighted by Crippen LogP contribution is -2.57. The molecule has 4 rings (SSSR count). The molecule has 1 aromatic heterocycles. The van der Waals surface area contributed by atoms with Crippen molar-refractivity contribution in [3.63, 3.8) is 0 Å². The molecule has 1 N–H and O–H groups in total. The largest absolute Gasteiger partial charge is 0.433 e. The van der Waals surface area contributed by atoms with Crippen LogP contribution in [0.2, 0.25) is 0 Å². The van der Waals surface area contributed by atoms with Crippen molar-refractivity contribution >= 4 is 17.4 Å². The SMILES string of the molecule is C#Cc1ccc(NC2(C(=O)N3CCN(c4cccc(C(F)(F)F)n4)CC3)CCCC2)cc1. The Labute approximate surface area is 185 Å². The fourth-order valence-electron chi connectivity index (χ4n) is 4.50. The molecule has 0 unspecified atom stereocenters. The maximum atomic E-state index is 13.5. The quantitative estimate of drug-likeness (QED) is 0.723. The molecule has 1 aromatic carbocycles. The third-order valence-corrected chi connectivity index (χ3v) is 6.22. The topological polar surface area (TPSA) is 48.5 Å². The molecular formula is C24H25F3N4O. The molecule has 1 amide bonds. The number of benzene rings is 1. The van der Waals surface area contributed by atoms with E-state index in [1.54, 1.807) is 11.0 Å². The Balaban J connectivity index is 1.44. The van der Waals surface area contributed by atoms with Crippen molar-refractivity contribution < 1.29 is 18.0 Å². The van der Waals surface area contributed by atoms with Crippen molar-refractivity contribution in [2.24, 2.45) is 0 Å². The van der Waals surface area contributed by atoms with Crippen LogP contribution in [0.1, 0.15) is 36.9 Å². The Kier molecular flexibility index (Phi) is 6.00. The van der Waals surface area contributed by atoms with E-state index in [2.05, 4.69) is 16.2 Å². The smallest absolute Gasteiger partial charge is 0.371 e. The molecule has 0 atom stereocenters. The molecular weight excluding hydrogens is 417 g/mol. The van der Waals surface area contributed by atoms with Crippen molar-refractivity contribution in [1.82, 2.24) is 9.88 Å². The van der Waals surface area contributed by atoms with Gasteiger partial charge in [-0.15, -0.1) is 6.42 Å². The average molecular weight is 442 g/mol. The summed E-state index contributed by atoms with van der Waals surface area (Å²) in [5.41, 5.74) is 0.0695. The summed E-state index contributed by atoms with van der Waals surface area (Å²) >= 11 is 0. The number of nitrogens with one attached hydrogen (secondary N) is 1. The van der Waals surface area contributed by atoms with Gasteiger partial charge in [-0.2, -0.15) is 13.2 Å². The Morgan fingerprint density at radius 1 is 1.03 bits per heavy atom. The summed E-state index contributed by atoms with van der Waals surface area (Å²) in [5.74, 6) is 2.92. The predicted octanol–water partition coefficient (Wildman–Crippen LogP) is 4.16. The molecule has 2 aromatic rings. The van der Waals surface area contributed by atoms with Crippen LogP contribution in [0.15, 0.2) is 42.5 Å². The number of piperazine rings is 1. The van der Waals surface area contributed by atoms with Crippen molar-refractivity contribution in [2.75, 3.05) is 36.4 Å². The van der Waals surface area contributed by atoms with Crippen LogP contribution in [0.4, 0.5) is 24.7 Å². The van der Waals surface area contributed by atoms with Crippen molar-refractivity contribution in [1.29, 1.82) is 0 Å². The Hall–Kier alpha value is -3.21. The maximum absolute atomic E-state index is 13.5. The third-order valence-electron chi connectivity index (χ3n) is 6.22. The molecule has 1 aliphatic carbocycles. The first-order chi connectivity index (χ1) is 15.3. The standard InChI is InChI=1S/C24H25F3N4O/c1-2-18-8-10-19(11-9-18)29-23(12-3-4-13-23)22(32)31-16-14-30(15-17-31)21-7-5-6-20(28-21)24(25,26)27/h1,5-11,29H,3-4,12-17H2. The van der Waals surface area contributed by atoms with Gasteiger partial charge in [0.25, 0.3) is 0 Å². The number of amides is 1. The van der Waals surface area contributed by atoms with Gasteiger partial charge in [-0.3, -0.25) is 4.79 Å². The van der Waals surface area contributed by atoms with E-state index in [9.17, 15) is 18.0 Å². The number of carbonyl (C=O) groups excluding carboxylic acids is 1. The number of hydrogen-bond donors (Lipinski definition) is 1. The van der Waals surface area contributed by atoms with E-state index in [1.807, 2.05) is 29.2 Å². The Bertz CT molecular complexity index is 999. The van der Waals surface area contributed by atoms with E-state index in [0.29, 0.717) is 26.2 Å². The van der Waals surface area contributed by atoms with Crippen LogP contribution < -0.4 is 10.2 Å². The average Bonchev–Trinajstić information content (AvgIpc) is 3.28. The van der Waals surface area contributed by atoms with Gasteiger partial charge in [-0.25, -0.2) is 4.98 Å². The molecule has 2 aliphatic rings. The molecule has 0 spiro atoms. The van der Waals surface area contributed by atoms with Gasteiger partial charge >= 0.3 is 6.18 Å². The minimum atomic E-state index is -4.48. The molecule has 0 bridgehead atoms. The molecule has 32 heavy (non-hydrogen) atoms. The Morgan fingerprint density at radius 3 is 2.28 bits per heavy atom. The Morgan fingerprint density at radius 2 is 1.69 bits per heavy atom. The number of pyridine rings is 1. The molecule has 2 fully saturated rings. The maximum Gasteiger partial charge on any atom is 0.433 e. The number of hydrogen-bond acceptors (Lipinski definition) is 4. The molecule has 5 nitrogen and oxygen atoms in total. The van der Waals surface area contributed by atoms with Gasteiger partial charge in [-0.05, 0) is 49.2 Å². The van der Waals surface area contributed by atoms with Gasteiger partial charge in [0.2, 0.25) is 5.91 Å². The number of carbonyl (C=O) groups is 1. The van der Waals surface area contributed by atoms with Crippen molar-refractivity contribution in [2.45, 2.75) is 37.4 Å². The van der Waals surface area contributed by atoms with Crippen LogP contribution in [0.5, 0.6) is 0 Å².